The average Bonchev–Trinajstić information content (AvgIpc) is 3.33. The molecule has 0 bridgehead atoms. The van der Waals surface area contributed by atoms with Crippen LogP contribution in [0.1, 0.15) is 30.9 Å². The van der Waals surface area contributed by atoms with Gasteiger partial charge >= 0.3 is 0 Å². The minimum atomic E-state index is -0.425. The number of ether oxygens (including phenoxy) is 1. The summed E-state index contributed by atoms with van der Waals surface area (Å²) in [6.45, 7) is 5.88. The minimum Gasteiger partial charge on any atom is -0.506 e. The van der Waals surface area contributed by atoms with Crippen LogP contribution in [0.25, 0.3) is 0 Å². The van der Waals surface area contributed by atoms with Crippen molar-refractivity contribution in [2.24, 2.45) is 0 Å². The maximum absolute atomic E-state index is 13.5. The van der Waals surface area contributed by atoms with Gasteiger partial charge in [-0.1, -0.05) is 36.9 Å². The first kappa shape index (κ1) is 22.4. The van der Waals surface area contributed by atoms with Gasteiger partial charge in [-0.15, -0.1) is 0 Å². The molecule has 32 heavy (non-hydrogen) atoms. The number of methoxy groups -OCH3 is 1. The van der Waals surface area contributed by atoms with Crippen molar-refractivity contribution in [3.05, 3.63) is 45.2 Å². The number of hydrogen-bond acceptors (Lipinski definition) is 7. The normalized spacial score (nSPS) is 15.8. The van der Waals surface area contributed by atoms with Gasteiger partial charge in [0.2, 0.25) is 0 Å². The number of hydrogen-bond donors (Lipinski definition) is 2. The highest BCUT2D eigenvalue weighted by atomic mass is 32.2. The third kappa shape index (κ3) is 3.49. The zero-order valence-electron chi connectivity index (χ0n) is 18.3. The van der Waals surface area contributed by atoms with Crippen molar-refractivity contribution in [2.75, 3.05) is 18.7 Å². The van der Waals surface area contributed by atoms with Gasteiger partial charge in [-0.3, -0.25) is 9.59 Å². The molecular formula is C23H24N2O5S2. The molecule has 2 N–H and O–H groups in total. The first-order valence-electron chi connectivity index (χ1n) is 10.2. The van der Waals surface area contributed by atoms with Crippen LogP contribution in [0.3, 0.4) is 0 Å². The van der Waals surface area contributed by atoms with Crippen LogP contribution in [-0.2, 0) is 9.59 Å². The Morgan fingerprint density at radius 3 is 2.00 bits per heavy atom. The van der Waals surface area contributed by atoms with Gasteiger partial charge < -0.3 is 14.9 Å². The van der Waals surface area contributed by atoms with Crippen molar-refractivity contribution in [3.63, 3.8) is 0 Å². The molecule has 7 nitrogen and oxygen atoms in total. The van der Waals surface area contributed by atoms with Crippen LogP contribution in [0.4, 0.5) is 5.69 Å². The van der Waals surface area contributed by atoms with Crippen molar-refractivity contribution in [3.8, 4) is 17.2 Å². The number of aromatic hydroxyl groups is 2. The lowest BCUT2D eigenvalue weighted by molar-refractivity contribution is -0.125. The SMILES string of the molecule is CCCCN1C(=O)C(=C2Sc3c(O)c(C)c(C)c(O)c3S2)C(=O)N1c1ccc(OC)cc1. The number of phenolic OH excluding ortho intramolecular Hbond substituents is 2. The molecule has 2 aliphatic rings. The summed E-state index contributed by atoms with van der Waals surface area (Å²) in [5.74, 6) is -0.0206. The Hall–Kier alpha value is -2.78. The summed E-state index contributed by atoms with van der Waals surface area (Å²) in [7, 11) is 1.57. The Kier molecular flexibility index (Phi) is 6.05. The van der Waals surface area contributed by atoms with Crippen LogP contribution in [0.15, 0.2) is 43.9 Å². The maximum atomic E-state index is 13.5. The van der Waals surface area contributed by atoms with Gasteiger partial charge in [-0.25, -0.2) is 10.0 Å². The summed E-state index contributed by atoms with van der Waals surface area (Å²) >= 11 is 2.30. The van der Waals surface area contributed by atoms with Crippen LogP contribution in [-0.4, -0.2) is 40.7 Å². The van der Waals surface area contributed by atoms with E-state index in [-0.39, 0.29) is 23.0 Å². The number of fused-ring (bicyclic) bond motifs is 1. The van der Waals surface area contributed by atoms with Crippen LogP contribution in [0.5, 0.6) is 17.2 Å². The first-order valence-corrected chi connectivity index (χ1v) is 11.9. The number of carbonyl (C=O) groups is 2. The lowest BCUT2D eigenvalue weighted by Gasteiger charge is -2.27. The summed E-state index contributed by atoms with van der Waals surface area (Å²) in [4.78, 5) is 27.9. The Labute approximate surface area is 195 Å². The molecule has 2 aromatic carbocycles. The number of benzene rings is 2. The molecule has 0 aromatic heterocycles. The van der Waals surface area contributed by atoms with Crippen molar-refractivity contribution in [1.82, 2.24) is 5.01 Å². The van der Waals surface area contributed by atoms with E-state index in [0.717, 1.165) is 36.4 Å². The number of nitrogens with zero attached hydrogens (tertiary/aromatic N) is 2. The largest absolute Gasteiger partial charge is 0.506 e. The monoisotopic (exact) mass is 472 g/mol. The van der Waals surface area contributed by atoms with Gasteiger partial charge in [-0.05, 0) is 55.7 Å². The van der Waals surface area contributed by atoms with Gasteiger partial charge in [0.25, 0.3) is 11.8 Å². The molecule has 0 saturated carbocycles. The van der Waals surface area contributed by atoms with Crippen LogP contribution >= 0.6 is 23.5 Å². The van der Waals surface area contributed by atoms with Gasteiger partial charge in [0, 0.05) is 6.54 Å². The summed E-state index contributed by atoms with van der Waals surface area (Å²) in [5.41, 5.74) is 1.78. The lowest BCUT2D eigenvalue weighted by atomic mass is 10.1. The highest BCUT2D eigenvalue weighted by Gasteiger charge is 2.45. The standard InChI is InChI=1S/C23H24N2O5S2/c1-5-6-11-24-21(28)16(22(29)25(24)14-7-9-15(30-4)10-8-14)23-31-19-17(26)12(2)13(3)18(27)20(19)32-23/h7-10,26-27H,5-6,11H2,1-4H3. The van der Waals surface area contributed by atoms with E-state index in [4.69, 9.17) is 4.74 Å². The summed E-state index contributed by atoms with van der Waals surface area (Å²) in [6, 6.07) is 6.97. The summed E-state index contributed by atoms with van der Waals surface area (Å²) < 4.78 is 5.67. The molecule has 4 rings (SSSR count). The van der Waals surface area contributed by atoms with Crippen LogP contribution in [0.2, 0.25) is 0 Å². The van der Waals surface area contributed by atoms with Crippen LogP contribution in [0, 0.1) is 13.8 Å². The lowest BCUT2D eigenvalue weighted by Crippen LogP contribution is -2.41. The second-order valence-electron chi connectivity index (χ2n) is 7.57. The van der Waals surface area contributed by atoms with Crippen molar-refractivity contribution < 1.29 is 24.5 Å². The Morgan fingerprint density at radius 2 is 1.50 bits per heavy atom. The number of hydrazine groups is 1. The van der Waals surface area contributed by atoms with E-state index in [9.17, 15) is 19.8 Å². The Morgan fingerprint density at radius 1 is 0.938 bits per heavy atom. The summed E-state index contributed by atoms with van der Waals surface area (Å²) in [6.07, 6.45) is 1.62. The smallest absolute Gasteiger partial charge is 0.284 e. The molecule has 0 atom stereocenters. The molecule has 2 aromatic rings. The topological polar surface area (TPSA) is 90.3 Å². The predicted molar refractivity (Wildman–Crippen MR) is 125 cm³/mol. The van der Waals surface area contributed by atoms with E-state index in [2.05, 4.69) is 0 Å². The highest BCUT2D eigenvalue weighted by Crippen LogP contribution is 2.60. The van der Waals surface area contributed by atoms with Crippen molar-refractivity contribution in [1.29, 1.82) is 0 Å². The number of amides is 2. The zero-order chi connectivity index (χ0) is 23.2. The molecule has 2 heterocycles. The van der Waals surface area contributed by atoms with E-state index >= 15 is 0 Å². The summed E-state index contributed by atoms with van der Waals surface area (Å²) in [5, 5.41) is 24.1. The number of unbranched alkanes of at least 4 members (excludes halogenated alkanes) is 1. The van der Waals surface area contributed by atoms with Gasteiger partial charge in [-0.2, -0.15) is 0 Å². The molecule has 1 saturated heterocycles. The van der Waals surface area contributed by atoms with E-state index < -0.39 is 5.91 Å². The molecule has 2 amide bonds. The highest BCUT2D eigenvalue weighted by molar-refractivity contribution is 8.25. The third-order valence-corrected chi connectivity index (χ3v) is 8.25. The zero-order valence-corrected chi connectivity index (χ0v) is 19.9. The number of carbonyl (C=O) groups excluding carboxylic acids is 2. The van der Waals surface area contributed by atoms with Gasteiger partial charge in [0.1, 0.15) is 22.8 Å². The van der Waals surface area contributed by atoms with Crippen LogP contribution < -0.4 is 9.75 Å². The molecule has 2 aliphatic heterocycles. The van der Waals surface area contributed by atoms with E-state index in [1.165, 1.54) is 10.0 Å². The first-order chi connectivity index (χ1) is 15.3. The molecule has 0 radical (unpaired) electrons. The molecule has 0 aliphatic carbocycles. The van der Waals surface area contributed by atoms with E-state index in [0.29, 0.717) is 43.1 Å². The molecule has 0 spiro atoms. The second-order valence-corrected chi connectivity index (χ2v) is 9.87. The van der Waals surface area contributed by atoms with Gasteiger partial charge in [0.15, 0.2) is 0 Å². The fourth-order valence-electron chi connectivity index (χ4n) is 3.60. The Balaban J connectivity index is 1.78. The number of thioether (sulfide) groups is 2. The number of rotatable bonds is 5. The second kappa shape index (κ2) is 8.63. The maximum Gasteiger partial charge on any atom is 0.284 e. The fourth-order valence-corrected chi connectivity index (χ4v) is 6.32. The number of anilines is 1. The van der Waals surface area contributed by atoms with E-state index in [1.54, 1.807) is 45.2 Å². The van der Waals surface area contributed by atoms with Crippen molar-refractivity contribution in [2.45, 2.75) is 43.4 Å². The quantitative estimate of drug-likeness (QED) is 0.370. The molecule has 9 heteroatoms. The molecule has 0 unspecified atom stereocenters. The average molecular weight is 473 g/mol. The Bertz CT molecular complexity index is 1110. The van der Waals surface area contributed by atoms with Gasteiger partial charge in [0.05, 0.1) is 26.8 Å². The van der Waals surface area contributed by atoms with E-state index in [1.807, 2.05) is 6.92 Å². The fraction of sp³-hybridized carbons (Fsp3) is 0.304. The molecular weight excluding hydrogens is 448 g/mol. The van der Waals surface area contributed by atoms with Crippen molar-refractivity contribution >= 4 is 41.0 Å². The molecule has 1 fully saturated rings. The minimum absolute atomic E-state index is 0.0530. The predicted octanol–water partition coefficient (Wildman–Crippen LogP) is 4.72. The molecule has 168 valence electrons. The number of phenols is 2. The third-order valence-electron chi connectivity index (χ3n) is 5.64.